The van der Waals surface area contributed by atoms with Crippen molar-refractivity contribution in [2.75, 3.05) is 0 Å². The number of aromatic nitrogens is 4. The monoisotopic (exact) mass is 295 g/mol. The molecule has 2 heterocycles. The Hall–Kier alpha value is -2.76. The van der Waals surface area contributed by atoms with Crippen LogP contribution in [-0.4, -0.2) is 31.0 Å². The van der Waals surface area contributed by atoms with Gasteiger partial charge in [-0.1, -0.05) is 12.1 Å². The minimum atomic E-state index is -0.259. The Balaban J connectivity index is 1.90. The average Bonchev–Trinajstić information content (AvgIpc) is 2.89. The minimum Gasteiger partial charge on any atom is -0.347 e. The van der Waals surface area contributed by atoms with E-state index in [4.69, 9.17) is 0 Å². The van der Waals surface area contributed by atoms with Gasteiger partial charge in [-0.25, -0.2) is 4.98 Å². The van der Waals surface area contributed by atoms with Crippen LogP contribution in [0.25, 0.3) is 17.2 Å². The van der Waals surface area contributed by atoms with Crippen LogP contribution >= 0.6 is 0 Å². The maximum Gasteiger partial charge on any atom is 0.255 e. The van der Waals surface area contributed by atoms with E-state index in [2.05, 4.69) is 20.5 Å². The van der Waals surface area contributed by atoms with Crippen molar-refractivity contribution < 1.29 is 4.79 Å². The van der Waals surface area contributed by atoms with Crippen LogP contribution in [-0.2, 0) is 0 Å². The van der Waals surface area contributed by atoms with Gasteiger partial charge in [-0.15, -0.1) is 10.2 Å². The first-order chi connectivity index (χ1) is 10.4. The second-order valence-corrected chi connectivity index (χ2v) is 6.09. The molecule has 6 heteroatoms. The number of benzene rings is 1. The molecule has 0 aliphatic heterocycles. The SMILES string of the molecule is CC(C)(C)NC(=O)c1ccc(-c2nnc3ncccn23)cc1. The van der Waals surface area contributed by atoms with Crippen LogP contribution in [0.15, 0.2) is 42.7 Å². The highest BCUT2D eigenvalue weighted by Gasteiger charge is 2.15. The molecule has 1 amide bonds. The summed E-state index contributed by atoms with van der Waals surface area (Å²) in [6.45, 7) is 5.86. The first-order valence-electron chi connectivity index (χ1n) is 7.03. The fourth-order valence-corrected chi connectivity index (χ4v) is 2.12. The quantitative estimate of drug-likeness (QED) is 0.787. The predicted molar refractivity (Wildman–Crippen MR) is 83.4 cm³/mol. The fourth-order valence-electron chi connectivity index (χ4n) is 2.12. The van der Waals surface area contributed by atoms with Gasteiger partial charge < -0.3 is 5.32 Å². The number of nitrogens with one attached hydrogen (secondary N) is 1. The lowest BCUT2D eigenvalue weighted by Crippen LogP contribution is -2.40. The van der Waals surface area contributed by atoms with Crippen LogP contribution in [0.4, 0.5) is 0 Å². The molecule has 0 saturated heterocycles. The van der Waals surface area contributed by atoms with Gasteiger partial charge in [-0.05, 0) is 39.0 Å². The normalized spacial score (nSPS) is 11.6. The van der Waals surface area contributed by atoms with Gasteiger partial charge in [0.25, 0.3) is 11.7 Å². The van der Waals surface area contributed by atoms with Gasteiger partial charge in [-0.2, -0.15) is 0 Å². The zero-order valence-electron chi connectivity index (χ0n) is 12.7. The first-order valence-corrected chi connectivity index (χ1v) is 7.03. The van der Waals surface area contributed by atoms with Gasteiger partial charge in [0, 0.05) is 29.1 Å². The smallest absolute Gasteiger partial charge is 0.255 e. The molecule has 0 bridgehead atoms. The Bertz CT molecular complexity index is 814. The number of carbonyl (C=O) groups is 1. The molecule has 3 aromatic rings. The Morgan fingerprint density at radius 3 is 2.55 bits per heavy atom. The summed E-state index contributed by atoms with van der Waals surface area (Å²) in [5, 5.41) is 11.1. The molecule has 0 radical (unpaired) electrons. The van der Waals surface area contributed by atoms with Gasteiger partial charge in [0.15, 0.2) is 5.82 Å². The molecular weight excluding hydrogens is 278 g/mol. The maximum absolute atomic E-state index is 12.1. The van der Waals surface area contributed by atoms with Crippen LogP contribution in [0, 0.1) is 0 Å². The van der Waals surface area contributed by atoms with E-state index in [-0.39, 0.29) is 11.4 Å². The summed E-state index contributed by atoms with van der Waals surface area (Å²) in [6, 6.07) is 9.12. The van der Waals surface area contributed by atoms with E-state index in [0.717, 1.165) is 5.56 Å². The minimum absolute atomic E-state index is 0.0909. The molecule has 0 atom stereocenters. The van der Waals surface area contributed by atoms with Crippen LogP contribution < -0.4 is 5.32 Å². The standard InChI is InChI=1S/C16H17N5O/c1-16(2,3)18-14(22)12-7-5-11(6-8-12)13-19-20-15-17-9-4-10-21(13)15/h4-10H,1-3H3,(H,18,22). The zero-order chi connectivity index (χ0) is 15.7. The summed E-state index contributed by atoms with van der Waals surface area (Å²) in [7, 11) is 0. The third kappa shape index (κ3) is 2.81. The van der Waals surface area contributed by atoms with E-state index >= 15 is 0 Å². The van der Waals surface area contributed by atoms with E-state index in [1.807, 2.05) is 49.6 Å². The number of amides is 1. The van der Waals surface area contributed by atoms with E-state index < -0.39 is 0 Å². The van der Waals surface area contributed by atoms with Crippen molar-refractivity contribution in [3.05, 3.63) is 48.3 Å². The maximum atomic E-state index is 12.1. The molecule has 0 spiro atoms. The highest BCUT2D eigenvalue weighted by molar-refractivity contribution is 5.95. The molecule has 0 aliphatic carbocycles. The first kappa shape index (κ1) is 14.2. The number of nitrogens with zero attached hydrogens (tertiary/aromatic N) is 4. The van der Waals surface area contributed by atoms with Gasteiger partial charge in [0.1, 0.15) is 0 Å². The number of rotatable bonds is 2. The summed E-state index contributed by atoms with van der Waals surface area (Å²) in [5.41, 5.74) is 1.24. The summed E-state index contributed by atoms with van der Waals surface area (Å²) >= 11 is 0. The second-order valence-electron chi connectivity index (χ2n) is 6.09. The van der Waals surface area contributed by atoms with Crippen molar-refractivity contribution in [2.24, 2.45) is 0 Å². The van der Waals surface area contributed by atoms with Crippen molar-refractivity contribution >= 4 is 11.7 Å². The van der Waals surface area contributed by atoms with Crippen molar-refractivity contribution in [1.29, 1.82) is 0 Å². The predicted octanol–water partition coefficient (Wildman–Crippen LogP) is 2.32. The number of carbonyl (C=O) groups excluding carboxylic acids is 1. The van der Waals surface area contributed by atoms with Gasteiger partial charge in [0.05, 0.1) is 0 Å². The molecule has 2 aromatic heterocycles. The lowest BCUT2D eigenvalue weighted by Gasteiger charge is -2.20. The van der Waals surface area contributed by atoms with Crippen LogP contribution in [0.3, 0.4) is 0 Å². The van der Waals surface area contributed by atoms with Crippen LogP contribution in [0.2, 0.25) is 0 Å². The van der Waals surface area contributed by atoms with Crippen molar-refractivity contribution in [3.8, 4) is 11.4 Å². The fraction of sp³-hybridized carbons (Fsp3) is 0.250. The molecule has 22 heavy (non-hydrogen) atoms. The molecule has 0 fully saturated rings. The second kappa shape index (κ2) is 5.22. The van der Waals surface area contributed by atoms with Crippen molar-refractivity contribution in [2.45, 2.75) is 26.3 Å². The van der Waals surface area contributed by atoms with E-state index in [1.165, 1.54) is 0 Å². The van der Waals surface area contributed by atoms with Crippen LogP contribution in [0.5, 0.6) is 0 Å². The van der Waals surface area contributed by atoms with Gasteiger partial charge in [-0.3, -0.25) is 9.20 Å². The summed E-state index contributed by atoms with van der Waals surface area (Å²) in [5.74, 6) is 1.16. The Morgan fingerprint density at radius 1 is 1.14 bits per heavy atom. The molecule has 1 aromatic carbocycles. The lowest BCUT2D eigenvalue weighted by molar-refractivity contribution is 0.0919. The topological polar surface area (TPSA) is 72.2 Å². The van der Waals surface area contributed by atoms with Crippen molar-refractivity contribution in [3.63, 3.8) is 0 Å². The molecule has 112 valence electrons. The Kier molecular flexibility index (Phi) is 3.36. The Morgan fingerprint density at radius 2 is 1.86 bits per heavy atom. The molecule has 3 rings (SSSR count). The number of fused-ring (bicyclic) bond motifs is 1. The summed E-state index contributed by atoms with van der Waals surface area (Å²) < 4.78 is 1.81. The van der Waals surface area contributed by atoms with E-state index in [0.29, 0.717) is 17.2 Å². The van der Waals surface area contributed by atoms with Crippen molar-refractivity contribution in [1.82, 2.24) is 24.9 Å². The number of hydrogen-bond donors (Lipinski definition) is 1. The average molecular weight is 295 g/mol. The third-order valence-corrected chi connectivity index (χ3v) is 3.08. The molecule has 0 aliphatic rings. The molecule has 0 unspecified atom stereocenters. The third-order valence-electron chi connectivity index (χ3n) is 3.08. The molecular formula is C16H17N5O. The molecule has 1 N–H and O–H groups in total. The lowest BCUT2D eigenvalue weighted by atomic mass is 10.1. The van der Waals surface area contributed by atoms with E-state index in [9.17, 15) is 4.79 Å². The molecule has 0 saturated carbocycles. The summed E-state index contributed by atoms with van der Waals surface area (Å²) in [6.07, 6.45) is 3.53. The highest BCUT2D eigenvalue weighted by Crippen LogP contribution is 2.18. The van der Waals surface area contributed by atoms with E-state index in [1.54, 1.807) is 18.3 Å². The van der Waals surface area contributed by atoms with Crippen LogP contribution in [0.1, 0.15) is 31.1 Å². The largest absolute Gasteiger partial charge is 0.347 e. The number of hydrogen-bond acceptors (Lipinski definition) is 4. The zero-order valence-corrected chi connectivity index (χ0v) is 12.7. The molecule has 6 nitrogen and oxygen atoms in total. The van der Waals surface area contributed by atoms with Gasteiger partial charge in [0.2, 0.25) is 0 Å². The Labute approximate surface area is 128 Å². The highest BCUT2D eigenvalue weighted by atomic mass is 16.1. The summed E-state index contributed by atoms with van der Waals surface area (Å²) in [4.78, 5) is 16.3. The van der Waals surface area contributed by atoms with Gasteiger partial charge >= 0.3 is 0 Å².